The molecule has 1 fully saturated rings. The fourth-order valence-corrected chi connectivity index (χ4v) is 2.31. The van der Waals surface area contributed by atoms with Crippen LogP contribution >= 0.6 is 15.9 Å². The number of hydrogen-bond donors (Lipinski definition) is 1. The van der Waals surface area contributed by atoms with E-state index in [9.17, 15) is 4.79 Å². The summed E-state index contributed by atoms with van der Waals surface area (Å²) in [4.78, 5) is 17.4. The summed E-state index contributed by atoms with van der Waals surface area (Å²) in [5.41, 5.74) is 0.878. The van der Waals surface area contributed by atoms with Crippen molar-refractivity contribution in [3.05, 3.63) is 18.2 Å². The van der Waals surface area contributed by atoms with E-state index in [1.54, 1.807) is 6.33 Å². The normalized spacial score (nSPS) is 20.1. The van der Waals surface area contributed by atoms with Crippen LogP contribution in [0.1, 0.15) is 23.4 Å². The molecule has 1 aliphatic rings. The lowest BCUT2D eigenvalue weighted by molar-refractivity contribution is -0.134. The van der Waals surface area contributed by atoms with E-state index in [-0.39, 0.29) is 10.9 Å². The van der Waals surface area contributed by atoms with Gasteiger partial charge in [0, 0.05) is 6.20 Å². The molecule has 0 bridgehead atoms. The quantitative estimate of drug-likeness (QED) is 0.648. The number of hydrogen-bond acceptors (Lipinski definition) is 3. The van der Waals surface area contributed by atoms with Gasteiger partial charge in [0.25, 0.3) is 6.47 Å². The van der Waals surface area contributed by atoms with Gasteiger partial charge in [-0.15, -0.1) is 0 Å². The Labute approximate surface area is 90.2 Å². The summed E-state index contributed by atoms with van der Waals surface area (Å²) in [7, 11) is 0. The number of nitrogens with one attached hydrogen (secondary N) is 1. The smallest absolute Gasteiger partial charge is 0.293 e. The Morgan fingerprint density at radius 2 is 2.50 bits per heavy atom. The van der Waals surface area contributed by atoms with E-state index in [1.165, 1.54) is 0 Å². The van der Waals surface area contributed by atoms with Crippen molar-refractivity contribution < 1.29 is 9.53 Å². The summed E-state index contributed by atoms with van der Waals surface area (Å²) in [5, 5.41) is 0. The van der Waals surface area contributed by atoms with Gasteiger partial charge in [-0.3, -0.25) is 4.79 Å². The molecule has 1 aromatic heterocycles. The zero-order chi connectivity index (χ0) is 9.97. The summed E-state index contributed by atoms with van der Waals surface area (Å²) >= 11 is 3.51. The average molecular weight is 259 g/mol. The van der Waals surface area contributed by atoms with Crippen LogP contribution in [0.25, 0.3) is 0 Å². The van der Waals surface area contributed by atoms with Gasteiger partial charge in [-0.1, -0.05) is 15.9 Å². The molecular weight excluding hydrogens is 248 g/mol. The minimum Gasteiger partial charge on any atom is -0.463 e. The molecule has 0 aromatic carbocycles. The second-order valence-electron chi connectivity index (χ2n) is 3.43. The number of carbonyl (C=O) groups is 1. The summed E-state index contributed by atoms with van der Waals surface area (Å²) in [6, 6.07) is 0. The SMILES string of the molecule is O=COC(C1CC1)C(Br)c1c[nH]cn1. The molecule has 2 unspecified atom stereocenters. The first-order valence-electron chi connectivity index (χ1n) is 4.54. The van der Waals surface area contributed by atoms with Gasteiger partial charge in [-0.25, -0.2) is 4.98 Å². The maximum absolute atomic E-state index is 10.4. The Morgan fingerprint density at radius 3 is 3.00 bits per heavy atom. The van der Waals surface area contributed by atoms with E-state index in [0.717, 1.165) is 18.5 Å². The maximum Gasteiger partial charge on any atom is 0.293 e. The monoisotopic (exact) mass is 258 g/mol. The second-order valence-corrected chi connectivity index (χ2v) is 4.42. The first-order chi connectivity index (χ1) is 6.83. The Kier molecular flexibility index (Phi) is 2.86. The van der Waals surface area contributed by atoms with Crippen LogP contribution in [-0.2, 0) is 9.53 Å². The predicted octanol–water partition coefficient (Wildman–Crippen LogP) is 1.80. The maximum atomic E-state index is 10.4. The van der Waals surface area contributed by atoms with E-state index in [2.05, 4.69) is 25.9 Å². The van der Waals surface area contributed by atoms with E-state index in [4.69, 9.17) is 4.74 Å². The van der Waals surface area contributed by atoms with Gasteiger partial charge in [0.15, 0.2) is 0 Å². The highest BCUT2D eigenvalue weighted by Crippen LogP contribution is 2.42. The van der Waals surface area contributed by atoms with Gasteiger partial charge in [-0.2, -0.15) is 0 Å². The molecule has 1 N–H and O–H groups in total. The van der Waals surface area contributed by atoms with Crippen molar-refractivity contribution in [1.29, 1.82) is 0 Å². The Balaban J connectivity index is 2.06. The molecule has 2 rings (SSSR count). The Hall–Kier alpha value is -0.840. The molecule has 76 valence electrons. The van der Waals surface area contributed by atoms with Crippen molar-refractivity contribution in [3.8, 4) is 0 Å². The number of nitrogens with zero attached hydrogens (tertiary/aromatic N) is 1. The molecular formula is C9H11BrN2O2. The van der Waals surface area contributed by atoms with Crippen LogP contribution in [0.3, 0.4) is 0 Å². The number of H-pyrrole nitrogens is 1. The number of rotatable bonds is 5. The third-order valence-corrected chi connectivity index (χ3v) is 3.38. The molecule has 0 spiro atoms. The molecule has 0 aliphatic heterocycles. The van der Waals surface area contributed by atoms with Gasteiger partial charge >= 0.3 is 0 Å². The third-order valence-electron chi connectivity index (χ3n) is 2.39. The molecule has 14 heavy (non-hydrogen) atoms. The van der Waals surface area contributed by atoms with E-state index < -0.39 is 0 Å². The molecule has 1 aliphatic carbocycles. The highest BCUT2D eigenvalue weighted by molar-refractivity contribution is 9.09. The average Bonchev–Trinajstić information content (AvgIpc) is 2.88. The Bertz CT molecular complexity index is 298. The summed E-state index contributed by atoms with van der Waals surface area (Å²) < 4.78 is 5.07. The summed E-state index contributed by atoms with van der Waals surface area (Å²) in [6.07, 6.45) is 5.60. The van der Waals surface area contributed by atoms with Crippen molar-refractivity contribution in [2.45, 2.75) is 23.8 Å². The van der Waals surface area contributed by atoms with Crippen LogP contribution in [0.5, 0.6) is 0 Å². The minimum atomic E-state index is -0.0872. The Morgan fingerprint density at radius 1 is 1.71 bits per heavy atom. The number of carbonyl (C=O) groups excluding carboxylic acids is 1. The lowest BCUT2D eigenvalue weighted by Crippen LogP contribution is -2.20. The number of imidazole rings is 1. The van der Waals surface area contributed by atoms with Crippen molar-refractivity contribution in [3.63, 3.8) is 0 Å². The van der Waals surface area contributed by atoms with E-state index >= 15 is 0 Å². The van der Waals surface area contributed by atoms with Crippen LogP contribution in [0, 0.1) is 5.92 Å². The number of aromatic nitrogens is 2. The zero-order valence-corrected chi connectivity index (χ0v) is 9.11. The van der Waals surface area contributed by atoms with Gasteiger partial charge < -0.3 is 9.72 Å². The first-order valence-corrected chi connectivity index (χ1v) is 5.46. The molecule has 2 atom stereocenters. The van der Waals surface area contributed by atoms with Crippen molar-refractivity contribution in [2.75, 3.05) is 0 Å². The fourth-order valence-electron chi connectivity index (χ4n) is 1.50. The molecule has 1 heterocycles. The predicted molar refractivity (Wildman–Crippen MR) is 53.9 cm³/mol. The summed E-state index contributed by atoms with van der Waals surface area (Å²) in [5.74, 6) is 0.487. The van der Waals surface area contributed by atoms with Crippen LogP contribution in [0.15, 0.2) is 12.5 Å². The highest BCUT2D eigenvalue weighted by atomic mass is 79.9. The molecule has 0 saturated heterocycles. The minimum absolute atomic E-state index is 0.00792. The van der Waals surface area contributed by atoms with Crippen molar-refractivity contribution >= 4 is 22.4 Å². The van der Waals surface area contributed by atoms with E-state index in [1.807, 2.05) is 6.20 Å². The first kappa shape index (κ1) is 9.71. The number of aromatic amines is 1. The molecule has 0 radical (unpaired) electrons. The standard InChI is InChI=1S/C9H11BrN2O2/c10-8(7-3-11-4-12-7)9(14-5-13)6-1-2-6/h3-6,8-9H,1-2H2,(H,11,12). The van der Waals surface area contributed by atoms with Gasteiger partial charge in [0.1, 0.15) is 6.10 Å². The van der Waals surface area contributed by atoms with E-state index in [0.29, 0.717) is 12.4 Å². The summed E-state index contributed by atoms with van der Waals surface area (Å²) in [6.45, 7) is 0.518. The second kappa shape index (κ2) is 4.13. The largest absolute Gasteiger partial charge is 0.463 e. The van der Waals surface area contributed by atoms with Crippen LogP contribution < -0.4 is 0 Å². The lowest BCUT2D eigenvalue weighted by Gasteiger charge is -2.18. The molecule has 1 saturated carbocycles. The molecule has 1 aromatic rings. The topological polar surface area (TPSA) is 55.0 Å². The van der Waals surface area contributed by atoms with Gasteiger partial charge in [-0.05, 0) is 18.8 Å². The molecule has 5 heteroatoms. The van der Waals surface area contributed by atoms with Crippen LogP contribution in [0.4, 0.5) is 0 Å². The highest BCUT2D eigenvalue weighted by Gasteiger charge is 2.38. The number of halogens is 1. The van der Waals surface area contributed by atoms with Crippen molar-refractivity contribution in [2.24, 2.45) is 5.92 Å². The number of alkyl halides is 1. The molecule has 4 nitrogen and oxygen atoms in total. The molecule has 0 amide bonds. The van der Waals surface area contributed by atoms with Gasteiger partial charge in [0.05, 0.1) is 16.8 Å². The fraction of sp³-hybridized carbons (Fsp3) is 0.556. The van der Waals surface area contributed by atoms with Crippen molar-refractivity contribution in [1.82, 2.24) is 9.97 Å². The number of ether oxygens (including phenoxy) is 1. The third kappa shape index (κ3) is 1.97. The zero-order valence-electron chi connectivity index (χ0n) is 7.52. The van der Waals surface area contributed by atoms with Crippen LogP contribution in [-0.4, -0.2) is 22.5 Å². The van der Waals surface area contributed by atoms with Crippen LogP contribution in [0.2, 0.25) is 0 Å². The lowest BCUT2D eigenvalue weighted by atomic mass is 10.1. The van der Waals surface area contributed by atoms with Gasteiger partial charge in [0.2, 0.25) is 0 Å².